The van der Waals surface area contributed by atoms with E-state index in [9.17, 15) is 14.7 Å². The van der Waals surface area contributed by atoms with Gasteiger partial charge >= 0.3 is 5.97 Å². The van der Waals surface area contributed by atoms with Gasteiger partial charge in [-0.1, -0.05) is 35.9 Å². The number of aromatic nitrogens is 2. The standard InChI is InChI=1S/C25H22N2O3S/c1-15-6-4-8-17(12-15)22-26-23-21(19-10-2-3-11-20(19)31-23)24(28)27(22)14-16-7-5-9-18(13-16)25(29)30/h4-9,12-13H,2-3,10-11,14H2,1H3,(H,29,30). The number of aromatic carboxylic acids is 1. The molecule has 6 heteroatoms. The molecule has 0 spiro atoms. The summed E-state index contributed by atoms with van der Waals surface area (Å²) in [7, 11) is 0. The summed E-state index contributed by atoms with van der Waals surface area (Å²) in [6, 6.07) is 14.7. The van der Waals surface area contributed by atoms with Crippen molar-refractivity contribution in [3.63, 3.8) is 0 Å². The molecule has 156 valence electrons. The highest BCUT2D eigenvalue weighted by Crippen LogP contribution is 2.35. The van der Waals surface area contributed by atoms with Gasteiger partial charge in [0.1, 0.15) is 10.7 Å². The fourth-order valence-corrected chi connectivity index (χ4v) is 5.63. The lowest BCUT2D eigenvalue weighted by atomic mass is 9.97. The Morgan fingerprint density at radius 3 is 2.74 bits per heavy atom. The molecule has 31 heavy (non-hydrogen) atoms. The van der Waals surface area contributed by atoms with Gasteiger partial charge in [0.15, 0.2) is 0 Å². The monoisotopic (exact) mass is 430 g/mol. The molecule has 1 aliphatic carbocycles. The molecule has 0 fully saturated rings. The zero-order valence-corrected chi connectivity index (χ0v) is 18.0. The Balaban J connectivity index is 1.75. The summed E-state index contributed by atoms with van der Waals surface area (Å²) in [5.74, 6) is -0.353. The highest BCUT2D eigenvalue weighted by Gasteiger charge is 2.23. The van der Waals surface area contributed by atoms with Crippen LogP contribution in [-0.4, -0.2) is 20.6 Å². The number of fused-ring (bicyclic) bond motifs is 3. The molecule has 0 atom stereocenters. The molecule has 5 nitrogen and oxygen atoms in total. The van der Waals surface area contributed by atoms with Crippen LogP contribution in [0.5, 0.6) is 0 Å². The first-order chi connectivity index (χ1) is 15.0. The number of carboxylic acid groups (broad SMARTS) is 1. The van der Waals surface area contributed by atoms with Gasteiger partial charge in [-0.3, -0.25) is 9.36 Å². The topological polar surface area (TPSA) is 72.2 Å². The lowest BCUT2D eigenvalue weighted by Gasteiger charge is -2.15. The predicted octanol–water partition coefficient (Wildman–Crippen LogP) is 5.06. The Morgan fingerprint density at radius 1 is 1.13 bits per heavy atom. The first-order valence-corrected chi connectivity index (χ1v) is 11.3. The van der Waals surface area contributed by atoms with Crippen molar-refractivity contribution in [3.05, 3.63) is 86.0 Å². The van der Waals surface area contributed by atoms with Gasteiger partial charge in [-0.25, -0.2) is 9.78 Å². The fraction of sp³-hybridized carbons (Fsp3) is 0.240. The summed E-state index contributed by atoms with van der Waals surface area (Å²) in [4.78, 5) is 32.3. The molecule has 1 aliphatic rings. The maximum Gasteiger partial charge on any atom is 0.335 e. The number of aryl methyl sites for hydroxylation is 3. The lowest BCUT2D eigenvalue weighted by Crippen LogP contribution is -2.24. The van der Waals surface area contributed by atoms with Crippen LogP contribution in [0.15, 0.2) is 53.3 Å². The van der Waals surface area contributed by atoms with Gasteiger partial charge < -0.3 is 5.11 Å². The van der Waals surface area contributed by atoms with Gasteiger partial charge in [0.2, 0.25) is 0 Å². The fourth-order valence-electron chi connectivity index (χ4n) is 4.37. The van der Waals surface area contributed by atoms with Gasteiger partial charge in [-0.05, 0) is 61.9 Å². The third-order valence-corrected chi connectivity index (χ3v) is 7.05. The minimum absolute atomic E-state index is 0.0402. The minimum atomic E-state index is -0.978. The maximum atomic E-state index is 13.8. The predicted molar refractivity (Wildman–Crippen MR) is 123 cm³/mol. The van der Waals surface area contributed by atoms with Crippen LogP contribution in [0.25, 0.3) is 21.6 Å². The van der Waals surface area contributed by atoms with E-state index in [1.165, 1.54) is 4.88 Å². The summed E-state index contributed by atoms with van der Waals surface area (Å²) in [6.45, 7) is 2.29. The molecule has 0 radical (unpaired) electrons. The third kappa shape index (κ3) is 3.57. The Labute approximate surface area is 183 Å². The largest absolute Gasteiger partial charge is 0.478 e. The summed E-state index contributed by atoms with van der Waals surface area (Å²) in [5.41, 5.74) is 4.08. The van der Waals surface area contributed by atoms with E-state index in [0.717, 1.165) is 58.2 Å². The molecule has 0 aliphatic heterocycles. The number of hydrogen-bond acceptors (Lipinski definition) is 4. The Bertz CT molecular complexity index is 1380. The molecule has 2 aromatic carbocycles. The van der Waals surface area contributed by atoms with Crippen molar-refractivity contribution in [2.75, 3.05) is 0 Å². The van der Waals surface area contributed by atoms with Crippen LogP contribution in [0.4, 0.5) is 0 Å². The number of carbonyl (C=O) groups is 1. The van der Waals surface area contributed by atoms with E-state index in [1.807, 2.05) is 37.3 Å². The molecule has 0 bridgehead atoms. The van der Waals surface area contributed by atoms with Crippen LogP contribution in [0.1, 0.15) is 44.8 Å². The van der Waals surface area contributed by atoms with E-state index in [4.69, 9.17) is 4.98 Å². The molecule has 2 aromatic heterocycles. The zero-order chi connectivity index (χ0) is 21.5. The van der Waals surface area contributed by atoms with E-state index in [-0.39, 0.29) is 17.7 Å². The Kier molecular flexibility index (Phi) is 4.94. The average molecular weight is 431 g/mol. The number of hydrogen-bond donors (Lipinski definition) is 1. The van der Waals surface area contributed by atoms with Crippen LogP contribution >= 0.6 is 11.3 Å². The lowest BCUT2D eigenvalue weighted by molar-refractivity contribution is 0.0696. The van der Waals surface area contributed by atoms with Crippen molar-refractivity contribution in [2.45, 2.75) is 39.2 Å². The molecule has 2 heterocycles. The van der Waals surface area contributed by atoms with Crippen LogP contribution in [-0.2, 0) is 19.4 Å². The second kappa shape index (κ2) is 7.78. The summed E-state index contributed by atoms with van der Waals surface area (Å²) >= 11 is 1.65. The molecule has 0 unspecified atom stereocenters. The second-order valence-electron chi connectivity index (χ2n) is 8.09. The first kappa shape index (κ1) is 19.7. The highest BCUT2D eigenvalue weighted by atomic mass is 32.1. The quantitative estimate of drug-likeness (QED) is 0.491. The van der Waals surface area contributed by atoms with E-state index in [2.05, 4.69) is 0 Å². The van der Waals surface area contributed by atoms with E-state index in [0.29, 0.717) is 5.82 Å². The van der Waals surface area contributed by atoms with Gasteiger partial charge in [0, 0.05) is 10.4 Å². The van der Waals surface area contributed by atoms with Crippen LogP contribution in [0.3, 0.4) is 0 Å². The van der Waals surface area contributed by atoms with Crippen molar-refractivity contribution in [2.24, 2.45) is 0 Å². The molecule has 0 saturated heterocycles. The van der Waals surface area contributed by atoms with Crippen LogP contribution < -0.4 is 5.56 Å². The zero-order valence-electron chi connectivity index (χ0n) is 17.2. The second-order valence-corrected chi connectivity index (χ2v) is 9.18. The molecule has 1 N–H and O–H groups in total. The van der Waals surface area contributed by atoms with Crippen molar-refractivity contribution in [3.8, 4) is 11.4 Å². The van der Waals surface area contributed by atoms with Crippen molar-refractivity contribution in [1.29, 1.82) is 0 Å². The van der Waals surface area contributed by atoms with E-state index in [1.54, 1.807) is 34.1 Å². The number of thiophene rings is 1. The summed E-state index contributed by atoms with van der Waals surface area (Å²) in [5, 5.41) is 10.1. The molecule has 0 saturated carbocycles. The van der Waals surface area contributed by atoms with Crippen molar-refractivity contribution < 1.29 is 9.90 Å². The number of rotatable bonds is 4. The third-order valence-electron chi connectivity index (χ3n) is 5.87. The highest BCUT2D eigenvalue weighted by molar-refractivity contribution is 7.18. The number of nitrogens with zero attached hydrogens (tertiary/aromatic N) is 2. The number of benzene rings is 2. The Morgan fingerprint density at radius 2 is 1.94 bits per heavy atom. The molecule has 5 rings (SSSR count). The van der Waals surface area contributed by atoms with Crippen LogP contribution in [0.2, 0.25) is 0 Å². The number of carboxylic acids is 1. The summed E-state index contributed by atoms with van der Waals surface area (Å²) in [6.07, 6.45) is 4.18. The van der Waals surface area contributed by atoms with E-state index < -0.39 is 5.97 Å². The molecular weight excluding hydrogens is 408 g/mol. The Hall–Kier alpha value is -3.25. The van der Waals surface area contributed by atoms with Crippen LogP contribution in [0, 0.1) is 6.92 Å². The van der Waals surface area contributed by atoms with E-state index >= 15 is 0 Å². The average Bonchev–Trinajstić information content (AvgIpc) is 3.14. The van der Waals surface area contributed by atoms with Crippen molar-refractivity contribution >= 4 is 27.5 Å². The van der Waals surface area contributed by atoms with Gasteiger partial charge in [0.05, 0.1) is 17.5 Å². The van der Waals surface area contributed by atoms with Gasteiger partial charge in [-0.2, -0.15) is 0 Å². The first-order valence-electron chi connectivity index (χ1n) is 10.5. The van der Waals surface area contributed by atoms with Gasteiger partial charge in [0.25, 0.3) is 5.56 Å². The normalized spacial score (nSPS) is 13.3. The summed E-state index contributed by atoms with van der Waals surface area (Å²) < 4.78 is 1.71. The minimum Gasteiger partial charge on any atom is -0.478 e. The molecular formula is C25H22N2O3S. The molecule has 4 aromatic rings. The SMILES string of the molecule is Cc1cccc(-c2nc3sc4c(c3c(=O)n2Cc2cccc(C(=O)O)c2)CCCC4)c1. The van der Waals surface area contributed by atoms with Gasteiger partial charge in [-0.15, -0.1) is 11.3 Å². The smallest absolute Gasteiger partial charge is 0.335 e. The maximum absolute atomic E-state index is 13.8. The molecule has 0 amide bonds. The van der Waals surface area contributed by atoms with Crippen molar-refractivity contribution in [1.82, 2.24) is 9.55 Å².